The highest BCUT2D eigenvalue weighted by Crippen LogP contribution is 2.25. The molecule has 2 heterocycles. The van der Waals surface area contributed by atoms with E-state index >= 15 is 0 Å². The minimum absolute atomic E-state index is 0.0905. The van der Waals surface area contributed by atoms with Gasteiger partial charge in [0.2, 0.25) is 5.95 Å². The smallest absolute Gasteiger partial charge is 0.247 e. The first-order chi connectivity index (χ1) is 11.9. The van der Waals surface area contributed by atoms with Crippen molar-refractivity contribution in [3.8, 4) is 0 Å². The molecule has 3 rings (SSSR count). The van der Waals surface area contributed by atoms with Gasteiger partial charge < -0.3 is 10.2 Å². The number of aryl methyl sites for hydroxylation is 2. The number of aromatic nitrogens is 3. The molecule has 1 aromatic carbocycles. The molecule has 0 bridgehead atoms. The Hall–Kier alpha value is -2.22. The van der Waals surface area contributed by atoms with E-state index in [1.165, 1.54) is 0 Å². The molecule has 0 spiro atoms. The van der Waals surface area contributed by atoms with Gasteiger partial charge >= 0.3 is 0 Å². The highest BCUT2D eigenvalue weighted by atomic mass is 32.2. The maximum atomic E-state index is 11.8. The van der Waals surface area contributed by atoms with Crippen LogP contribution in [-0.4, -0.2) is 47.7 Å². The lowest BCUT2D eigenvalue weighted by Crippen LogP contribution is -2.37. The molecule has 1 unspecified atom stereocenters. The molecule has 1 aliphatic rings. The third kappa shape index (κ3) is 3.89. The van der Waals surface area contributed by atoms with Crippen LogP contribution in [0.3, 0.4) is 0 Å². The molecule has 1 aliphatic heterocycles. The Morgan fingerprint density at radius 2 is 2.00 bits per heavy atom. The van der Waals surface area contributed by atoms with E-state index in [1.807, 2.05) is 43.9 Å². The molecule has 1 N–H and O–H groups in total. The number of para-hydroxylation sites is 1. The maximum Gasteiger partial charge on any atom is 0.247 e. The standard InChI is InChI=1S/C17H23N5O2S/c1-4-22(14-8-9-25(23,24)11-14)17-20-15(10-18-21-17)19-16-12(2)6-5-7-13(16)3/h5-7,10,14H,4,8-9,11H2,1-3H3,(H,19,20,21). The van der Waals surface area contributed by atoms with Crippen molar-refractivity contribution < 1.29 is 8.42 Å². The minimum atomic E-state index is -2.96. The Labute approximate surface area is 148 Å². The molecule has 1 aromatic heterocycles. The zero-order chi connectivity index (χ0) is 18.0. The van der Waals surface area contributed by atoms with E-state index in [0.717, 1.165) is 16.8 Å². The van der Waals surface area contributed by atoms with Gasteiger partial charge in [0.1, 0.15) is 0 Å². The predicted octanol–water partition coefficient (Wildman–Crippen LogP) is 2.25. The quantitative estimate of drug-likeness (QED) is 0.874. The fraction of sp³-hybridized carbons (Fsp3) is 0.471. The van der Waals surface area contributed by atoms with Crippen LogP contribution in [0.2, 0.25) is 0 Å². The SMILES string of the molecule is CCN(c1nncc(Nc2c(C)cccc2C)n1)C1CCS(=O)(=O)C1. The van der Waals surface area contributed by atoms with Crippen LogP contribution in [0.4, 0.5) is 17.5 Å². The third-order valence-corrected chi connectivity index (χ3v) is 6.28. The number of nitrogens with one attached hydrogen (secondary N) is 1. The molecule has 1 atom stereocenters. The van der Waals surface area contributed by atoms with Crippen molar-refractivity contribution in [3.05, 3.63) is 35.5 Å². The van der Waals surface area contributed by atoms with Gasteiger partial charge in [0, 0.05) is 18.3 Å². The van der Waals surface area contributed by atoms with Crippen LogP contribution in [0.5, 0.6) is 0 Å². The maximum absolute atomic E-state index is 11.8. The molecule has 0 amide bonds. The number of rotatable bonds is 5. The normalized spacial score (nSPS) is 18.9. The lowest BCUT2D eigenvalue weighted by Gasteiger charge is -2.26. The van der Waals surface area contributed by atoms with Gasteiger partial charge in [0.05, 0.1) is 17.7 Å². The Balaban J connectivity index is 1.85. The summed E-state index contributed by atoms with van der Waals surface area (Å²) < 4.78 is 23.6. The first kappa shape index (κ1) is 17.6. The molecule has 1 saturated heterocycles. The molecular weight excluding hydrogens is 338 g/mol. The monoisotopic (exact) mass is 361 g/mol. The van der Waals surface area contributed by atoms with Crippen LogP contribution in [0, 0.1) is 13.8 Å². The van der Waals surface area contributed by atoms with Crippen LogP contribution in [0.15, 0.2) is 24.4 Å². The number of hydrogen-bond donors (Lipinski definition) is 1. The molecule has 0 saturated carbocycles. The summed E-state index contributed by atoms with van der Waals surface area (Å²) in [6, 6.07) is 5.99. The first-order valence-electron chi connectivity index (χ1n) is 8.39. The lowest BCUT2D eigenvalue weighted by molar-refractivity contribution is 0.598. The Bertz CT molecular complexity index is 849. The number of hydrogen-bond acceptors (Lipinski definition) is 7. The zero-order valence-electron chi connectivity index (χ0n) is 14.7. The summed E-state index contributed by atoms with van der Waals surface area (Å²) in [6.07, 6.45) is 2.18. The van der Waals surface area contributed by atoms with Gasteiger partial charge in [0.15, 0.2) is 15.7 Å². The Morgan fingerprint density at radius 3 is 2.60 bits per heavy atom. The largest absolute Gasteiger partial charge is 0.338 e. The van der Waals surface area contributed by atoms with E-state index in [-0.39, 0.29) is 17.5 Å². The Morgan fingerprint density at radius 1 is 1.28 bits per heavy atom. The van der Waals surface area contributed by atoms with E-state index in [9.17, 15) is 8.42 Å². The van der Waals surface area contributed by atoms with Crippen molar-refractivity contribution in [2.45, 2.75) is 33.2 Å². The Kier molecular flexibility index (Phi) is 4.89. The van der Waals surface area contributed by atoms with Gasteiger partial charge in [-0.25, -0.2) is 8.42 Å². The van der Waals surface area contributed by atoms with Crippen molar-refractivity contribution in [2.24, 2.45) is 0 Å². The minimum Gasteiger partial charge on any atom is -0.338 e. The van der Waals surface area contributed by atoms with Crippen LogP contribution >= 0.6 is 0 Å². The van der Waals surface area contributed by atoms with Gasteiger partial charge in [0.25, 0.3) is 0 Å². The molecule has 2 aromatic rings. The fourth-order valence-electron chi connectivity index (χ4n) is 3.20. The van der Waals surface area contributed by atoms with Gasteiger partial charge in [-0.15, -0.1) is 5.10 Å². The van der Waals surface area contributed by atoms with Crippen LogP contribution in [-0.2, 0) is 9.84 Å². The third-order valence-electron chi connectivity index (χ3n) is 4.53. The van der Waals surface area contributed by atoms with Crippen molar-refractivity contribution in [1.29, 1.82) is 0 Å². The van der Waals surface area contributed by atoms with E-state index in [2.05, 4.69) is 20.5 Å². The number of nitrogens with zero attached hydrogens (tertiary/aromatic N) is 4. The van der Waals surface area contributed by atoms with E-state index in [1.54, 1.807) is 6.20 Å². The van der Waals surface area contributed by atoms with E-state index < -0.39 is 9.84 Å². The van der Waals surface area contributed by atoms with E-state index in [0.29, 0.717) is 24.7 Å². The van der Waals surface area contributed by atoms with Crippen LogP contribution in [0.1, 0.15) is 24.5 Å². The molecule has 7 nitrogen and oxygen atoms in total. The second kappa shape index (κ2) is 6.95. The summed E-state index contributed by atoms with van der Waals surface area (Å²) >= 11 is 0. The summed E-state index contributed by atoms with van der Waals surface area (Å²) in [5, 5.41) is 11.5. The zero-order valence-corrected chi connectivity index (χ0v) is 15.5. The first-order valence-corrected chi connectivity index (χ1v) is 10.2. The van der Waals surface area contributed by atoms with Crippen molar-refractivity contribution in [2.75, 3.05) is 28.3 Å². The fourth-order valence-corrected chi connectivity index (χ4v) is 4.93. The number of anilines is 3. The second-order valence-corrected chi connectivity index (χ2v) is 8.61. The molecule has 25 heavy (non-hydrogen) atoms. The topological polar surface area (TPSA) is 88.1 Å². The molecule has 0 aliphatic carbocycles. The van der Waals surface area contributed by atoms with Gasteiger partial charge in [-0.2, -0.15) is 10.1 Å². The molecule has 0 radical (unpaired) electrons. The molecule has 1 fully saturated rings. The summed E-state index contributed by atoms with van der Waals surface area (Å²) in [6.45, 7) is 6.67. The van der Waals surface area contributed by atoms with E-state index in [4.69, 9.17) is 0 Å². The van der Waals surface area contributed by atoms with Gasteiger partial charge in [-0.1, -0.05) is 18.2 Å². The molecule has 134 valence electrons. The number of benzene rings is 1. The molecular formula is C17H23N5O2S. The van der Waals surface area contributed by atoms with Crippen LogP contribution < -0.4 is 10.2 Å². The predicted molar refractivity (Wildman–Crippen MR) is 99.1 cm³/mol. The highest BCUT2D eigenvalue weighted by molar-refractivity contribution is 7.91. The summed E-state index contributed by atoms with van der Waals surface area (Å²) in [5.74, 6) is 1.43. The molecule has 8 heteroatoms. The van der Waals surface area contributed by atoms with Crippen molar-refractivity contribution >= 4 is 27.3 Å². The average molecular weight is 361 g/mol. The summed E-state index contributed by atoms with van der Waals surface area (Å²) in [7, 11) is -2.96. The highest BCUT2D eigenvalue weighted by Gasteiger charge is 2.33. The van der Waals surface area contributed by atoms with Crippen molar-refractivity contribution in [1.82, 2.24) is 15.2 Å². The van der Waals surface area contributed by atoms with Crippen molar-refractivity contribution in [3.63, 3.8) is 0 Å². The second-order valence-electron chi connectivity index (χ2n) is 6.38. The summed E-state index contributed by atoms with van der Waals surface area (Å²) in [5.41, 5.74) is 3.24. The van der Waals surface area contributed by atoms with Crippen LogP contribution in [0.25, 0.3) is 0 Å². The average Bonchev–Trinajstić information content (AvgIpc) is 2.92. The van der Waals surface area contributed by atoms with Gasteiger partial charge in [-0.05, 0) is 38.3 Å². The van der Waals surface area contributed by atoms with Gasteiger partial charge in [-0.3, -0.25) is 0 Å². The summed E-state index contributed by atoms with van der Waals surface area (Å²) in [4.78, 5) is 6.48. The number of sulfone groups is 1. The lowest BCUT2D eigenvalue weighted by atomic mass is 10.1.